The molecule has 1 amide bonds. The van der Waals surface area contributed by atoms with Gasteiger partial charge in [0.2, 0.25) is 0 Å². The summed E-state index contributed by atoms with van der Waals surface area (Å²) in [6, 6.07) is 3.29. The molecule has 0 saturated heterocycles. The van der Waals surface area contributed by atoms with E-state index in [-0.39, 0.29) is 17.9 Å². The fourth-order valence-electron chi connectivity index (χ4n) is 1.60. The molecule has 1 unspecified atom stereocenters. The molecular weight excluding hydrogens is 276 g/mol. The highest BCUT2D eigenvalue weighted by atomic mass is 35.5. The average Bonchev–Trinajstić information content (AvgIpc) is 2.36. The quantitative estimate of drug-likeness (QED) is 0.840. The van der Waals surface area contributed by atoms with Gasteiger partial charge in [-0.2, -0.15) is 0 Å². The fourth-order valence-corrected chi connectivity index (χ4v) is 1.81. The molecule has 0 aliphatic heterocycles. The molecule has 20 heavy (non-hydrogen) atoms. The lowest BCUT2D eigenvalue weighted by molar-refractivity contribution is 0.0847. The molecule has 0 spiro atoms. The van der Waals surface area contributed by atoms with Gasteiger partial charge in [-0.05, 0) is 25.5 Å². The van der Waals surface area contributed by atoms with Gasteiger partial charge in [0.1, 0.15) is 5.15 Å². The molecule has 0 saturated carbocycles. The van der Waals surface area contributed by atoms with Gasteiger partial charge < -0.3 is 10.4 Å². The topological polar surface area (TPSA) is 62.2 Å². The van der Waals surface area contributed by atoms with Crippen LogP contribution in [-0.4, -0.2) is 28.1 Å². The van der Waals surface area contributed by atoms with Crippen LogP contribution in [0.3, 0.4) is 0 Å². The van der Waals surface area contributed by atoms with Gasteiger partial charge in [0, 0.05) is 16.7 Å². The first-order chi connectivity index (χ1) is 9.11. The van der Waals surface area contributed by atoms with Crippen LogP contribution in [-0.2, 0) is 5.41 Å². The van der Waals surface area contributed by atoms with Gasteiger partial charge in [-0.15, -0.1) is 0 Å². The molecule has 0 radical (unpaired) electrons. The van der Waals surface area contributed by atoms with E-state index < -0.39 is 5.54 Å². The van der Waals surface area contributed by atoms with E-state index in [0.29, 0.717) is 17.1 Å². The zero-order valence-corrected chi connectivity index (χ0v) is 13.5. The predicted octanol–water partition coefficient (Wildman–Crippen LogP) is 2.92. The van der Waals surface area contributed by atoms with Gasteiger partial charge in [-0.1, -0.05) is 39.3 Å². The Morgan fingerprint density at radius 3 is 2.40 bits per heavy atom. The second-order valence-electron chi connectivity index (χ2n) is 6.34. The number of hydrogen-bond donors (Lipinski definition) is 2. The number of aliphatic hydroxyl groups excluding tert-OH is 1. The molecule has 0 bridgehead atoms. The number of carbonyl (C=O) groups is 1. The summed E-state index contributed by atoms with van der Waals surface area (Å²) in [5.41, 5.74) is 0.403. The van der Waals surface area contributed by atoms with E-state index in [1.165, 1.54) is 0 Å². The number of nitrogens with zero attached hydrogens (tertiary/aromatic N) is 1. The van der Waals surface area contributed by atoms with Crippen LogP contribution in [0.15, 0.2) is 12.1 Å². The number of nitrogens with one attached hydrogen (secondary N) is 1. The minimum absolute atomic E-state index is 0.111. The normalized spacial score (nSPS) is 14.8. The van der Waals surface area contributed by atoms with Crippen molar-refractivity contribution < 1.29 is 9.90 Å². The summed E-state index contributed by atoms with van der Waals surface area (Å²) in [4.78, 5) is 16.6. The molecule has 0 aliphatic rings. The molecule has 0 aliphatic carbocycles. The van der Waals surface area contributed by atoms with Crippen molar-refractivity contribution in [2.75, 3.05) is 6.61 Å². The van der Waals surface area contributed by atoms with Gasteiger partial charge in [-0.25, -0.2) is 4.98 Å². The van der Waals surface area contributed by atoms with Crippen molar-refractivity contribution in [3.8, 4) is 0 Å². The Hall–Kier alpha value is -1.13. The molecule has 1 atom stereocenters. The van der Waals surface area contributed by atoms with Crippen molar-refractivity contribution in [2.45, 2.75) is 52.0 Å². The highest BCUT2D eigenvalue weighted by Gasteiger charge is 2.25. The lowest BCUT2D eigenvalue weighted by atomic mass is 9.90. The Kier molecular flexibility index (Phi) is 5.16. The van der Waals surface area contributed by atoms with E-state index in [0.717, 1.165) is 5.69 Å². The van der Waals surface area contributed by atoms with Gasteiger partial charge in [0.25, 0.3) is 5.91 Å². The van der Waals surface area contributed by atoms with Crippen LogP contribution in [0.5, 0.6) is 0 Å². The summed E-state index contributed by atoms with van der Waals surface area (Å²) < 4.78 is 0. The lowest BCUT2D eigenvalue weighted by Crippen LogP contribution is -2.48. The number of hydrogen-bond acceptors (Lipinski definition) is 3. The van der Waals surface area contributed by atoms with E-state index in [4.69, 9.17) is 11.6 Å². The van der Waals surface area contributed by atoms with Crippen LogP contribution >= 0.6 is 11.6 Å². The van der Waals surface area contributed by atoms with Gasteiger partial charge >= 0.3 is 0 Å². The molecule has 1 rings (SSSR count). The average molecular weight is 299 g/mol. The monoisotopic (exact) mass is 298 g/mol. The molecule has 112 valence electrons. The highest BCUT2D eigenvalue weighted by Crippen LogP contribution is 2.23. The van der Waals surface area contributed by atoms with E-state index >= 15 is 0 Å². The smallest absolute Gasteiger partial charge is 0.251 e. The molecule has 0 fully saturated rings. The summed E-state index contributed by atoms with van der Waals surface area (Å²) in [5, 5.41) is 12.5. The van der Waals surface area contributed by atoms with Crippen LogP contribution < -0.4 is 5.32 Å². The Labute approximate surface area is 125 Å². The van der Waals surface area contributed by atoms with Crippen molar-refractivity contribution in [3.05, 3.63) is 28.5 Å². The Morgan fingerprint density at radius 1 is 1.35 bits per heavy atom. The van der Waals surface area contributed by atoms with Crippen LogP contribution in [0, 0.1) is 0 Å². The van der Waals surface area contributed by atoms with Crippen LogP contribution in [0.2, 0.25) is 5.15 Å². The van der Waals surface area contributed by atoms with E-state index in [1.54, 1.807) is 19.1 Å². The van der Waals surface area contributed by atoms with Crippen molar-refractivity contribution in [3.63, 3.8) is 0 Å². The largest absolute Gasteiger partial charge is 0.394 e. The number of carbonyl (C=O) groups excluding carboxylic acids is 1. The summed E-state index contributed by atoms with van der Waals surface area (Å²) in [7, 11) is 0. The minimum Gasteiger partial charge on any atom is -0.394 e. The van der Waals surface area contributed by atoms with Crippen LogP contribution in [0.1, 0.15) is 57.1 Å². The van der Waals surface area contributed by atoms with Crippen molar-refractivity contribution in [1.29, 1.82) is 0 Å². The van der Waals surface area contributed by atoms with Gasteiger partial charge in [-0.3, -0.25) is 4.79 Å². The summed E-state index contributed by atoms with van der Waals surface area (Å²) >= 11 is 6.00. The molecule has 1 heterocycles. The molecule has 1 aromatic heterocycles. The van der Waals surface area contributed by atoms with Gasteiger partial charge in [0.15, 0.2) is 0 Å². The summed E-state index contributed by atoms with van der Waals surface area (Å²) in [6.07, 6.45) is 0.639. The number of aromatic nitrogens is 1. The van der Waals surface area contributed by atoms with Crippen molar-refractivity contribution in [1.82, 2.24) is 10.3 Å². The summed E-state index contributed by atoms with van der Waals surface area (Å²) in [6.45, 7) is 9.64. The molecule has 4 nitrogen and oxygen atoms in total. The first-order valence-corrected chi connectivity index (χ1v) is 7.10. The molecule has 0 aromatic carbocycles. The van der Waals surface area contributed by atoms with Gasteiger partial charge in [0.05, 0.1) is 12.1 Å². The lowest BCUT2D eigenvalue weighted by Gasteiger charge is -2.27. The fraction of sp³-hybridized carbons (Fsp3) is 0.600. The maximum atomic E-state index is 12.3. The molecule has 1 aromatic rings. The number of halogens is 1. The maximum Gasteiger partial charge on any atom is 0.251 e. The van der Waals surface area contributed by atoms with E-state index in [2.05, 4.69) is 10.3 Å². The third-order valence-electron chi connectivity index (χ3n) is 3.37. The first kappa shape index (κ1) is 16.9. The van der Waals surface area contributed by atoms with Crippen LogP contribution in [0.4, 0.5) is 0 Å². The zero-order valence-electron chi connectivity index (χ0n) is 12.7. The Balaban J connectivity index is 3.08. The Morgan fingerprint density at radius 2 is 1.95 bits per heavy atom. The Bertz CT molecular complexity index is 491. The SMILES string of the molecule is CCC(C)(CO)NC(=O)c1cc(Cl)nc(C(C)(C)C)c1. The highest BCUT2D eigenvalue weighted by molar-refractivity contribution is 6.29. The zero-order chi connectivity index (χ0) is 15.6. The van der Waals surface area contributed by atoms with Crippen LogP contribution in [0.25, 0.3) is 0 Å². The third kappa shape index (κ3) is 4.18. The first-order valence-electron chi connectivity index (χ1n) is 6.73. The number of pyridine rings is 1. The predicted molar refractivity (Wildman–Crippen MR) is 81.2 cm³/mol. The van der Waals surface area contributed by atoms with E-state index in [9.17, 15) is 9.90 Å². The summed E-state index contributed by atoms with van der Waals surface area (Å²) in [5.74, 6) is -0.252. The standard InChI is InChI=1S/C15H23ClN2O2/c1-6-15(5,9-19)18-13(20)10-7-11(14(2,3)4)17-12(16)8-10/h7-8,19H,6,9H2,1-5H3,(H,18,20). The molecular formula is C15H23ClN2O2. The number of rotatable bonds is 4. The number of aliphatic hydroxyl groups is 1. The van der Waals surface area contributed by atoms with E-state index in [1.807, 2.05) is 27.7 Å². The molecule has 5 heteroatoms. The van der Waals surface area contributed by atoms with Crippen molar-refractivity contribution in [2.24, 2.45) is 0 Å². The third-order valence-corrected chi connectivity index (χ3v) is 3.56. The second-order valence-corrected chi connectivity index (χ2v) is 6.73. The minimum atomic E-state index is -0.630. The van der Waals surface area contributed by atoms with Crippen molar-refractivity contribution >= 4 is 17.5 Å². The second kappa shape index (κ2) is 6.10. The number of amides is 1. The maximum absolute atomic E-state index is 12.3. The molecule has 2 N–H and O–H groups in total.